The Kier molecular flexibility index (Phi) is 5.96. The minimum absolute atomic E-state index is 0.124. The van der Waals surface area contributed by atoms with Gasteiger partial charge in [-0.2, -0.15) is 0 Å². The lowest BCUT2D eigenvalue weighted by atomic mass is 9.34. The number of benzene rings is 5. The predicted octanol–water partition coefficient (Wildman–Crippen LogP) is 6.15. The van der Waals surface area contributed by atoms with Gasteiger partial charge >= 0.3 is 0 Å². The Morgan fingerprint density at radius 1 is 0.364 bits per heavy atom. The summed E-state index contributed by atoms with van der Waals surface area (Å²) in [6, 6.07) is 46.0. The minimum atomic E-state index is 0.124. The van der Waals surface area contributed by atoms with Gasteiger partial charge in [-0.1, -0.05) is 149 Å². The van der Waals surface area contributed by atoms with Gasteiger partial charge < -0.3 is 0 Å². The summed E-state index contributed by atoms with van der Waals surface area (Å²) >= 11 is 0. The molecule has 0 bridgehead atoms. The third-order valence-corrected chi connectivity index (χ3v) is 6.56. The van der Waals surface area contributed by atoms with E-state index in [1.54, 1.807) is 0 Å². The van der Waals surface area contributed by atoms with Crippen molar-refractivity contribution in [1.29, 1.82) is 0 Å². The Morgan fingerprint density at radius 2 is 0.818 bits per heavy atom. The van der Waals surface area contributed by atoms with E-state index in [0.717, 1.165) is 0 Å². The van der Waals surface area contributed by atoms with Gasteiger partial charge in [0.15, 0.2) is 0 Å². The molecule has 0 amide bonds. The second-order valence-electron chi connectivity index (χ2n) is 8.65. The molecule has 0 aliphatic heterocycles. The molecule has 5 aromatic carbocycles. The second-order valence-corrected chi connectivity index (χ2v) is 8.65. The predicted molar refractivity (Wildman–Crippen MR) is 144 cm³/mol. The second kappa shape index (κ2) is 9.34. The van der Waals surface area contributed by atoms with Gasteiger partial charge in [-0.15, -0.1) is 0 Å². The molecule has 0 unspecified atom stereocenters. The van der Waals surface area contributed by atoms with Gasteiger partial charge in [-0.05, 0) is 41.7 Å². The fraction of sp³-hybridized carbons (Fsp3) is 0.0625. The summed E-state index contributed by atoms with van der Waals surface area (Å²) in [6.45, 7) is 4.55. The van der Waals surface area contributed by atoms with Crippen molar-refractivity contribution in [2.45, 2.75) is 13.8 Å². The molecule has 0 aromatic heterocycles. The summed E-state index contributed by atoms with van der Waals surface area (Å²) in [5.74, 6) is 0. The first-order valence-electron chi connectivity index (χ1n) is 11.6. The maximum Gasteiger partial charge on any atom is 0.243 e. The molecular weight excluding hydrogens is 395 g/mol. The van der Waals surface area contributed by atoms with Gasteiger partial charge in [-0.25, -0.2) is 0 Å². The molecule has 33 heavy (non-hydrogen) atoms. The van der Waals surface area contributed by atoms with Crippen LogP contribution in [0.4, 0.5) is 0 Å². The van der Waals surface area contributed by atoms with Crippen molar-refractivity contribution in [3.05, 3.63) is 139 Å². The molecule has 0 aliphatic rings. The summed E-state index contributed by atoms with van der Waals surface area (Å²) < 4.78 is 0. The Hall–Kier alpha value is -3.84. The summed E-state index contributed by atoms with van der Waals surface area (Å²) in [5.41, 5.74) is 11.8. The highest BCUT2D eigenvalue weighted by molar-refractivity contribution is 6.97. The van der Waals surface area contributed by atoms with Crippen LogP contribution < -0.4 is 16.4 Å². The van der Waals surface area contributed by atoms with Crippen LogP contribution in [0.3, 0.4) is 0 Å². The van der Waals surface area contributed by atoms with E-state index in [1.165, 1.54) is 49.8 Å². The van der Waals surface area contributed by atoms with Crippen LogP contribution in [0, 0.1) is 13.8 Å². The number of aryl methyl sites for hydroxylation is 2. The van der Waals surface area contributed by atoms with Crippen LogP contribution in [0.15, 0.2) is 127 Å². The van der Waals surface area contributed by atoms with Gasteiger partial charge in [0.05, 0.1) is 0 Å². The molecule has 0 aliphatic carbocycles. The lowest BCUT2D eigenvalue weighted by Gasteiger charge is -2.24. The third kappa shape index (κ3) is 4.15. The molecule has 0 spiro atoms. The van der Waals surface area contributed by atoms with Crippen LogP contribution in [-0.4, -0.2) is 6.71 Å². The molecule has 1 heteroatoms. The van der Waals surface area contributed by atoms with Crippen LogP contribution >= 0.6 is 0 Å². The van der Waals surface area contributed by atoms with Crippen molar-refractivity contribution in [2.24, 2.45) is 0 Å². The van der Waals surface area contributed by atoms with E-state index in [9.17, 15) is 0 Å². The van der Waals surface area contributed by atoms with Gasteiger partial charge in [0, 0.05) is 0 Å². The first-order chi connectivity index (χ1) is 16.2. The normalized spacial score (nSPS) is 10.7. The molecule has 5 rings (SSSR count). The number of hydrogen-bond acceptors (Lipinski definition) is 0. The Morgan fingerprint density at radius 3 is 1.45 bits per heavy atom. The van der Waals surface area contributed by atoms with E-state index in [0.29, 0.717) is 0 Å². The summed E-state index contributed by atoms with van der Waals surface area (Å²) in [6.07, 6.45) is 0. The van der Waals surface area contributed by atoms with Crippen molar-refractivity contribution >= 4 is 23.1 Å². The van der Waals surface area contributed by atoms with Gasteiger partial charge in [0.25, 0.3) is 0 Å². The Balaban J connectivity index is 1.81. The highest BCUT2D eigenvalue weighted by atomic mass is 14.1. The van der Waals surface area contributed by atoms with Crippen molar-refractivity contribution in [1.82, 2.24) is 0 Å². The van der Waals surface area contributed by atoms with Crippen molar-refractivity contribution in [3.8, 4) is 22.3 Å². The summed E-state index contributed by atoms with van der Waals surface area (Å²) in [5, 5.41) is 0. The molecule has 0 heterocycles. The van der Waals surface area contributed by atoms with E-state index in [4.69, 9.17) is 0 Å². The highest BCUT2D eigenvalue weighted by Gasteiger charge is 2.28. The third-order valence-electron chi connectivity index (χ3n) is 6.56. The SMILES string of the molecule is Cc1ccccc1B(c1ccccc1-c1ccccc1)c1ccccc1-c1ccccc1C. The fourth-order valence-electron chi connectivity index (χ4n) is 4.91. The van der Waals surface area contributed by atoms with Crippen LogP contribution in [-0.2, 0) is 0 Å². The summed E-state index contributed by atoms with van der Waals surface area (Å²) in [7, 11) is 0. The largest absolute Gasteiger partial charge is 0.243 e. The average molecular weight is 422 g/mol. The molecule has 0 N–H and O–H groups in total. The molecule has 0 saturated carbocycles. The van der Waals surface area contributed by atoms with Gasteiger partial charge in [0.1, 0.15) is 0 Å². The monoisotopic (exact) mass is 422 g/mol. The topological polar surface area (TPSA) is 0 Å². The molecular formula is C32H27B. The first-order valence-corrected chi connectivity index (χ1v) is 11.6. The average Bonchev–Trinajstić information content (AvgIpc) is 2.87. The highest BCUT2D eigenvalue weighted by Crippen LogP contribution is 2.23. The van der Waals surface area contributed by atoms with E-state index in [2.05, 4.69) is 141 Å². The van der Waals surface area contributed by atoms with E-state index < -0.39 is 0 Å². The zero-order chi connectivity index (χ0) is 22.6. The first kappa shape index (κ1) is 21.0. The number of hydrogen-bond donors (Lipinski definition) is 0. The quantitative estimate of drug-likeness (QED) is 0.298. The van der Waals surface area contributed by atoms with Gasteiger partial charge in [-0.3, -0.25) is 0 Å². The van der Waals surface area contributed by atoms with Crippen LogP contribution in [0.5, 0.6) is 0 Å². The van der Waals surface area contributed by atoms with E-state index in [-0.39, 0.29) is 6.71 Å². The number of rotatable bonds is 5. The maximum absolute atomic E-state index is 2.31. The lowest BCUT2D eigenvalue weighted by molar-refractivity contribution is 1.46. The fourth-order valence-corrected chi connectivity index (χ4v) is 4.91. The minimum Gasteiger partial charge on any atom is -0.0667 e. The molecule has 0 fully saturated rings. The van der Waals surface area contributed by atoms with Crippen LogP contribution in [0.1, 0.15) is 11.1 Å². The van der Waals surface area contributed by atoms with Crippen molar-refractivity contribution < 1.29 is 0 Å². The Labute approximate surface area is 197 Å². The van der Waals surface area contributed by atoms with Gasteiger partial charge in [0.2, 0.25) is 6.71 Å². The van der Waals surface area contributed by atoms with Crippen molar-refractivity contribution in [3.63, 3.8) is 0 Å². The smallest absolute Gasteiger partial charge is 0.0667 e. The van der Waals surface area contributed by atoms with Crippen molar-refractivity contribution in [2.75, 3.05) is 0 Å². The van der Waals surface area contributed by atoms with Crippen LogP contribution in [0.2, 0.25) is 0 Å². The molecule has 0 atom stereocenters. The Bertz CT molecular complexity index is 1380. The zero-order valence-corrected chi connectivity index (χ0v) is 19.2. The molecule has 158 valence electrons. The standard InChI is InChI=1S/C32H27B/c1-24-14-6-8-18-27(24)29-20-10-13-23-32(29)33(30-21-11-7-15-25(30)2)31-22-12-9-19-28(31)26-16-4-3-5-17-26/h3-23H,1-2H3. The molecule has 0 nitrogen and oxygen atoms in total. The van der Waals surface area contributed by atoms with E-state index in [1.807, 2.05) is 0 Å². The lowest BCUT2D eigenvalue weighted by Crippen LogP contribution is -2.54. The maximum atomic E-state index is 2.31. The van der Waals surface area contributed by atoms with E-state index >= 15 is 0 Å². The summed E-state index contributed by atoms with van der Waals surface area (Å²) in [4.78, 5) is 0. The molecule has 0 saturated heterocycles. The molecule has 5 aromatic rings. The van der Waals surface area contributed by atoms with Crippen LogP contribution in [0.25, 0.3) is 22.3 Å². The molecule has 0 radical (unpaired) electrons. The zero-order valence-electron chi connectivity index (χ0n) is 19.2.